The van der Waals surface area contributed by atoms with Crippen LogP contribution in [0.15, 0.2) is 41.0 Å². The molecule has 0 bridgehead atoms. The Morgan fingerprint density at radius 1 is 1.16 bits per heavy atom. The number of carbonyl (C=O) groups is 1. The Morgan fingerprint density at radius 2 is 1.84 bits per heavy atom. The number of hydrogen-bond donors (Lipinski definition) is 2. The lowest BCUT2D eigenvalue weighted by Gasteiger charge is -2.05. The standard InChI is InChI=1S/C15H17NO3/c1-2-11-3-5-12(6-4-11)9-16-10-13-7-8-19-14(13)15(17)18/h3-8,16H,2,9-10H2,1H3,(H,17,18). The monoisotopic (exact) mass is 259 g/mol. The van der Waals surface area contributed by atoms with Gasteiger partial charge in [-0.05, 0) is 23.6 Å². The molecule has 0 aliphatic carbocycles. The van der Waals surface area contributed by atoms with Crippen LogP contribution >= 0.6 is 0 Å². The predicted molar refractivity (Wildman–Crippen MR) is 72.0 cm³/mol. The molecule has 0 unspecified atom stereocenters. The van der Waals surface area contributed by atoms with Gasteiger partial charge in [-0.3, -0.25) is 0 Å². The van der Waals surface area contributed by atoms with E-state index in [2.05, 4.69) is 36.5 Å². The predicted octanol–water partition coefficient (Wildman–Crippen LogP) is 2.83. The van der Waals surface area contributed by atoms with Gasteiger partial charge < -0.3 is 14.8 Å². The Kier molecular flexibility index (Phi) is 4.36. The van der Waals surface area contributed by atoms with Gasteiger partial charge in [0.2, 0.25) is 5.76 Å². The van der Waals surface area contributed by atoms with Crippen LogP contribution in [-0.4, -0.2) is 11.1 Å². The molecule has 0 saturated heterocycles. The summed E-state index contributed by atoms with van der Waals surface area (Å²) >= 11 is 0. The van der Waals surface area contributed by atoms with Crippen molar-refractivity contribution in [3.63, 3.8) is 0 Å². The van der Waals surface area contributed by atoms with Crippen LogP contribution in [0.3, 0.4) is 0 Å². The van der Waals surface area contributed by atoms with Crippen LogP contribution in [0.5, 0.6) is 0 Å². The average Bonchev–Trinajstić information content (AvgIpc) is 2.88. The van der Waals surface area contributed by atoms with Crippen LogP contribution in [0.25, 0.3) is 0 Å². The molecule has 0 aliphatic rings. The highest BCUT2D eigenvalue weighted by molar-refractivity contribution is 5.86. The molecule has 4 heteroatoms. The Bertz CT molecular complexity index is 543. The molecule has 19 heavy (non-hydrogen) atoms. The zero-order valence-corrected chi connectivity index (χ0v) is 10.8. The van der Waals surface area contributed by atoms with Gasteiger partial charge in [0.25, 0.3) is 0 Å². The summed E-state index contributed by atoms with van der Waals surface area (Å²) in [5.41, 5.74) is 3.15. The third-order valence-electron chi connectivity index (χ3n) is 3.02. The van der Waals surface area contributed by atoms with E-state index in [0.29, 0.717) is 18.7 Å². The number of furan rings is 1. The fourth-order valence-electron chi connectivity index (χ4n) is 1.90. The van der Waals surface area contributed by atoms with E-state index >= 15 is 0 Å². The summed E-state index contributed by atoms with van der Waals surface area (Å²) in [4.78, 5) is 10.9. The van der Waals surface area contributed by atoms with Gasteiger partial charge in [0.05, 0.1) is 6.26 Å². The van der Waals surface area contributed by atoms with E-state index in [1.807, 2.05) is 0 Å². The summed E-state index contributed by atoms with van der Waals surface area (Å²) < 4.78 is 4.92. The Balaban J connectivity index is 1.89. The van der Waals surface area contributed by atoms with Crippen molar-refractivity contribution in [2.24, 2.45) is 0 Å². The van der Waals surface area contributed by atoms with E-state index < -0.39 is 5.97 Å². The lowest BCUT2D eigenvalue weighted by atomic mass is 10.1. The first kappa shape index (κ1) is 13.4. The van der Waals surface area contributed by atoms with Gasteiger partial charge in [0.15, 0.2) is 0 Å². The van der Waals surface area contributed by atoms with Crippen molar-refractivity contribution < 1.29 is 14.3 Å². The van der Waals surface area contributed by atoms with Gasteiger partial charge in [0.1, 0.15) is 0 Å². The Hall–Kier alpha value is -2.07. The fourth-order valence-corrected chi connectivity index (χ4v) is 1.90. The molecular weight excluding hydrogens is 242 g/mol. The largest absolute Gasteiger partial charge is 0.475 e. The lowest BCUT2D eigenvalue weighted by molar-refractivity contribution is 0.0660. The first-order valence-electron chi connectivity index (χ1n) is 6.29. The van der Waals surface area contributed by atoms with Gasteiger partial charge in [-0.2, -0.15) is 0 Å². The van der Waals surface area contributed by atoms with E-state index in [4.69, 9.17) is 9.52 Å². The highest BCUT2D eigenvalue weighted by atomic mass is 16.4. The summed E-state index contributed by atoms with van der Waals surface area (Å²) in [5.74, 6) is -1.03. The minimum atomic E-state index is -1.03. The van der Waals surface area contributed by atoms with Crippen LogP contribution < -0.4 is 5.32 Å². The van der Waals surface area contributed by atoms with E-state index in [1.54, 1.807) is 6.07 Å². The maximum atomic E-state index is 10.9. The quantitative estimate of drug-likeness (QED) is 0.837. The van der Waals surface area contributed by atoms with Gasteiger partial charge in [-0.1, -0.05) is 31.2 Å². The van der Waals surface area contributed by atoms with Crippen LogP contribution in [0, 0.1) is 0 Å². The van der Waals surface area contributed by atoms with Crippen molar-refractivity contribution in [3.8, 4) is 0 Å². The number of carboxylic acid groups (broad SMARTS) is 1. The molecule has 4 nitrogen and oxygen atoms in total. The molecule has 2 aromatic rings. The summed E-state index contributed by atoms with van der Waals surface area (Å²) in [6, 6.07) is 10.1. The topological polar surface area (TPSA) is 62.5 Å². The summed E-state index contributed by atoms with van der Waals surface area (Å²) in [6.07, 6.45) is 2.43. The molecule has 1 aromatic carbocycles. The maximum absolute atomic E-state index is 10.9. The van der Waals surface area contributed by atoms with Crippen molar-refractivity contribution in [2.75, 3.05) is 0 Å². The first-order valence-corrected chi connectivity index (χ1v) is 6.29. The second kappa shape index (κ2) is 6.20. The van der Waals surface area contributed by atoms with Crippen molar-refractivity contribution in [1.29, 1.82) is 0 Å². The average molecular weight is 259 g/mol. The zero-order chi connectivity index (χ0) is 13.7. The van der Waals surface area contributed by atoms with E-state index in [-0.39, 0.29) is 5.76 Å². The molecule has 0 saturated carbocycles. The summed E-state index contributed by atoms with van der Waals surface area (Å²) in [6.45, 7) is 3.31. The maximum Gasteiger partial charge on any atom is 0.372 e. The molecule has 0 spiro atoms. The van der Waals surface area contributed by atoms with Crippen molar-refractivity contribution >= 4 is 5.97 Å². The number of aryl methyl sites for hydroxylation is 1. The van der Waals surface area contributed by atoms with E-state index in [1.165, 1.54) is 17.4 Å². The van der Waals surface area contributed by atoms with Crippen molar-refractivity contribution in [2.45, 2.75) is 26.4 Å². The molecule has 0 aliphatic heterocycles. The SMILES string of the molecule is CCc1ccc(CNCc2ccoc2C(=O)O)cc1. The van der Waals surface area contributed by atoms with E-state index in [0.717, 1.165) is 6.42 Å². The van der Waals surface area contributed by atoms with Gasteiger partial charge in [-0.25, -0.2) is 4.79 Å². The number of rotatable bonds is 6. The smallest absolute Gasteiger partial charge is 0.372 e. The summed E-state index contributed by atoms with van der Waals surface area (Å²) in [5, 5.41) is 12.1. The number of hydrogen-bond acceptors (Lipinski definition) is 3. The molecule has 0 fully saturated rings. The van der Waals surface area contributed by atoms with Crippen LogP contribution in [-0.2, 0) is 19.5 Å². The molecule has 0 atom stereocenters. The molecular formula is C15H17NO3. The first-order chi connectivity index (χ1) is 9.20. The fraction of sp³-hybridized carbons (Fsp3) is 0.267. The number of benzene rings is 1. The molecule has 0 amide bonds. The third kappa shape index (κ3) is 3.45. The van der Waals surface area contributed by atoms with Crippen LogP contribution in [0.4, 0.5) is 0 Å². The lowest BCUT2D eigenvalue weighted by Crippen LogP contribution is -2.14. The van der Waals surface area contributed by atoms with Crippen LogP contribution in [0.1, 0.15) is 34.2 Å². The van der Waals surface area contributed by atoms with Crippen molar-refractivity contribution in [1.82, 2.24) is 5.32 Å². The van der Waals surface area contributed by atoms with E-state index in [9.17, 15) is 4.79 Å². The number of aromatic carboxylic acids is 1. The second-order valence-corrected chi connectivity index (χ2v) is 4.35. The zero-order valence-electron chi connectivity index (χ0n) is 10.8. The molecule has 1 aromatic heterocycles. The molecule has 1 heterocycles. The van der Waals surface area contributed by atoms with Gasteiger partial charge in [-0.15, -0.1) is 0 Å². The third-order valence-corrected chi connectivity index (χ3v) is 3.02. The number of carboxylic acids is 1. The Labute approximate surface area is 112 Å². The number of nitrogens with one attached hydrogen (secondary N) is 1. The highest BCUT2D eigenvalue weighted by Crippen LogP contribution is 2.11. The molecule has 2 rings (SSSR count). The van der Waals surface area contributed by atoms with Gasteiger partial charge >= 0.3 is 5.97 Å². The molecule has 0 radical (unpaired) electrons. The minimum Gasteiger partial charge on any atom is -0.475 e. The summed E-state index contributed by atoms with van der Waals surface area (Å²) in [7, 11) is 0. The molecule has 100 valence electrons. The van der Waals surface area contributed by atoms with Gasteiger partial charge in [0, 0.05) is 18.7 Å². The second-order valence-electron chi connectivity index (χ2n) is 4.35. The Morgan fingerprint density at radius 3 is 2.47 bits per heavy atom. The van der Waals surface area contributed by atoms with Crippen LogP contribution in [0.2, 0.25) is 0 Å². The molecule has 2 N–H and O–H groups in total. The minimum absolute atomic E-state index is 0.00818. The van der Waals surface area contributed by atoms with Crippen molar-refractivity contribution in [3.05, 3.63) is 59.0 Å². The normalized spacial score (nSPS) is 10.6. The highest BCUT2D eigenvalue weighted by Gasteiger charge is 2.12.